The Morgan fingerprint density at radius 1 is 1.60 bits per heavy atom. The minimum atomic E-state index is -0.894. The number of halogens is 1. The van der Waals surface area contributed by atoms with E-state index in [1.54, 1.807) is 6.07 Å². The van der Waals surface area contributed by atoms with Crippen molar-refractivity contribution < 1.29 is 14.6 Å². The third kappa shape index (κ3) is 2.94. The lowest BCUT2D eigenvalue weighted by Gasteiger charge is -2.10. The summed E-state index contributed by atoms with van der Waals surface area (Å²) in [7, 11) is 1.51. The summed E-state index contributed by atoms with van der Waals surface area (Å²) in [6, 6.07) is 3.57. The lowest BCUT2D eigenvalue weighted by molar-refractivity contribution is -0.136. The van der Waals surface area contributed by atoms with Gasteiger partial charge in [-0.25, -0.2) is 0 Å². The van der Waals surface area contributed by atoms with Gasteiger partial charge in [0.2, 0.25) is 0 Å². The quantitative estimate of drug-likeness (QED) is 0.873. The summed E-state index contributed by atoms with van der Waals surface area (Å²) in [5.41, 5.74) is 7.00. The maximum Gasteiger partial charge on any atom is 0.307 e. The van der Waals surface area contributed by atoms with Crippen molar-refractivity contribution in [1.29, 1.82) is 0 Å². The normalized spacial score (nSPS) is 10.1. The van der Waals surface area contributed by atoms with Crippen LogP contribution in [0.25, 0.3) is 0 Å². The van der Waals surface area contributed by atoms with Gasteiger partial charge < -0.3 is 15.6 Å². The van der Waals surface area contributed by atoms with Crippen LogP contribution in [-0.2, 0) is 17.8 Å². The van der Waals surface area contributed by atoms with Crippen molar-refractivity contribution in [1.82, 2.24) is 0 Å². The van der Waals surface area contributed by atoms with Gasteiger partial charge in [-0.2, -0.15) is 0 Å². The topological polar surface area (TPSA) is 72.5 Å². The second-order valence-electron chi connectivity index (χ2n) is 3.04. The molecule has 0 atom stereocenters. The SMILES string of the molecule is COc1c(Br)cc(CN)cc1CC(=O)O. The molecule has 1 aromatic rings. The van der Waals surface area contributed by atoms with Crippen molar-refractivity contribution in [3.63, 3.8) is 0 Å². The molecule has 0 aliphatic heterocycles. The van der Waals surface area contributed by atoms with E-state index in [-0.39, 0.29) is 6.42 Å². The van der Waals surface area contributed by atoms with Crippen molar-refractivity contribution >= 4 is 21.9 Å². The fraction of sp³-hybridized carbons (Fsp3) is 0.300. The molecule has 0 aliphatic rings. The molecular weight excluding hydrogens is 262 g/mol. The molecule has 0 spiro atoms. The minimum Gasteiger partial charge on any atom is -0.495 e. The summed E-state index contributed by atoms with van der Waals surface area (Å²) in [5.74, 6) is -0.344. The standard InChI is InChI=1S/C10H12BrNO3/c1-15-10-7(4-9(13)14)2-6(5-12)3-8(10)11/h2-3H,4-5,12H2,1H3,(H,13,14). The Balaban J connectivity index is 3.19. The first kappa shape index (κ1) is 12.0. The fourth-order valence-electron chi connectivity index (χ4n) is 1.35. The van der Waals surface area contributed by atoms with Crippen molar-refractivity contribution in [2.45, 2.75) is 13.0 Å². The molecule has 0 heterocycles. The number of methoxy groups -OCH3 is 1. The van der Waals surface area contributed by atoms with Gasteiger partial charge in [-0.15, -0.1) is 0 Å². The van der Waals surface area contributed by atoms with Gasteiger partial charge in [-0.1, -0.05) is 6.07 Å². The predicted octanol–water partition coefficient (Wildman–Crippen LogP) is 1.54. The average molecular weight is 274 g/mol. The summed E-state index contributed by atoms with van der Waals surface area (Å²) in [6.07, 6.45) is -0.0738. The maximum atomic E-state index is 10.6. The lowest BCUT2D eigenvalue weighted by Crippen LogP contribution is -2.05. The van der Waals surface area contributed by atoms with Gasteiger partial charge in [0.05, 0.1) is 18.0 Å². The number of carbonyl (C=O) groups is 1. The van der Waals surface area contributed by atoms with E-state index >= 15 is 0 Å². The molecule has 5 heteroatoms. The van der Waals surface area contributed by atoms with Crippen LogP contribution in [0.3, 0.4) is 0 Å². The van der Waals surface area contributed by atoms with E-state index in [0.29, 0.717) is 17.9 Å². The van der Waals surface area contributed by atoms with E-state index in [1.165, 1.54) is 7.11 Å². The predicted molar refractivity (Wildman–Crippen MR) is 59.9 cm³/mol. The summed E-state index contributed by atoms with van der Waals surface area (Å²) >= 11 is 3.32. The molecule has 0 saturated heterocycles. The molecule has 3 N–H and O–H groups in total. The number of rotatable bonds is 4. The molecule has 0 unspecified atom stereocenters. The van der Waals surface area contributed by atoms with E-state index in [9.17, 15) is 4.79 Å². The maximum absolute atomic E-state index is 10.6. The second kappa shape index (κ2) is 5.14. The van der Waals surface area contributed by atoms with Crippen molar-refractivity contribution in [3.05, 3.63) is 27.7 Å². The van der Waals surface area contributed by atoms with Gasteiger partial charge in [-0.05, 0) is 27.6 Å². The smallest absolute Gasteiger partial charge is 0.307 e. The van der Waals surface area contributed by atoms with E-state index in [4.69, 9.17) is 15.6 Å². The van der Waals surface area contributed by atoms with Gasteiger partial charge in [0.25, 0.3) is 0 Å². The second-order valence-corrected chi connectivity index (χ2v) is 3.90. The summed E-state index contributed by atoms with van der Waals surface area (Å²) < 4.78 is 5.85. The number of carboxylic acids is 1. The zero-order valence-electron chi connectivity index (χ0n) is 8.29. The summed E-state index contributed by atoms with van der Waals surface area (Å²) in [4.78, 5) is 10.6. The minimum absolute atomic E-state index is 0.0738. The Labute approximate surface area is 96.2 Å². The van der Waals surface area contributed by atoms with Crippen LogP contribution in [0.2, 0.25) is 0 Å². The Bertz CT molecular complexity index is 379. The summed E-state index contributed by atoms with van der Waals surface area (Å²) in [5, 5.41) is 8.74. The molecule has 0 fully saturated rings. The number of hydrogen-bond donors (Lipinski definition) is 2. The van der Waals surface area contributed by atoms with Crippen LogP contribution in [-0.4, -0.2) is 18.2 Å². The molecule has 82 valence electrons. The van der Waals surface area contributed by atoms with Gasteiger partial charge in [0.1, 0.15) is 5.75 Å². The highest BCUT2D eigenvalue weighted by Gasteiger charge is 2.12. The number of benzene rings is 1. The summed E-state index contributed by atoms with van der Waals surface area (Å²) in [6.45, 7) is 0.370. The van der Waals surface area contributed by atoms with Crippen molar-refractivity contribution in [2.75, 3.05) is 7.11 Å². The van der Waals surface area contributed by atoms with Crippen LogP contribution in [0, 0.1) is 0 Å². The van der Waals surface area contributed by atoms with E-state index in [1.807, 2.05) is 6.07 Å². The number of aliphatic carboxylic acids is 1. The molecule has 0 radical (unpaired) electrons. The molecule has 4 nitrogen and oxygen atoms in total. The Kier molecular flexibility index (Phi) is 4.11. The first-order valence-corrected chi connectivity index (χ1v) is 5.15. The van der Waals surface area contributed by atoms with E-state index in [0.717, 1.165) is 10.0 Å². The molecule has 0 saturated carbocycles. The molecular formula is C10H12BrNO3. The first-order valence-electron chi connectivity index (χ1n) is 4.35. The van der Waals surface area contributed by atoms with Gasteiger partial charge in [0.15, 0.2) is 0 Å². The average Bonchev–Trinajstić information content (AvgIpc) is 2.16. The zero-order chi connectivity index (χ0) is 11.4. The highest BCUT2D eigenvalue weighted by molar-refractivity contribution is 9.10. The van der Waals surface area contributed by atoms with E-state index in [2.05, 4.69) is 15.9 Å². The third-order valence-corrected chi connectivity index (χ3v) is 2.55. The molecule has 1 rings (SSSR count). The number of carboxylic acid groups (broad SMARTS) is 1. The Hall–Kier alpha value is -1.07. The van der Waals surface area contributed by atoms with Crippen LogP contribution in [0.5, 0.6) is 5.75 Å². The van der Waals surface area contributed by atoms with Crippen molar-refractivity contribution in [2.24, 2.45) is 5.73 Å². The molecule has 0 amide bonds. The van der Waals surface area contributed by atoms with Gasteiger partial charge in [0, 0.05) is 12.1 Å². The third-order valence-electron chi connectivity index (χ3n) is 1.96. The zero-order valence-corrected chi connectivity index (χ0v) is 9.87. The largest absolute Gasteiger partial charge is 0.495 e. The number of hydrogen-bond acceptors (Lipinski definition) is 3. The van der Waals surface area contributed by atoms with Gasteiger partial charge in [-0.3, -0.25) is 4.79 Å². The Morgan fingerprint density at radius 3 is 2.73 bits per heavy atom. The van der Waals surface area contributed by atoms with E-state index < -0.39 is 5.97 Å². The van der Waals surface area contributed by atoms with Gasteiger partial charge >= 0.3 is 5.97 Å². The van der Waals surface area contributed by atoms with Crippen LogP contribution < -0.4 is 10.5 Å². The van der Waals surface area contributed by atoms with Crippen LogP contribution in [0.15, 0.2) is 16.6 Å². The molecule has 0 aliphatic carbocycles. The highest BCUT2D eigenvalue weighted by atomic mass is 79.9. The molecule has 15 heavy (non-hydrogen) atoms. The fourth-order valence-corrected chi connectivity index (χ4v) is 2.06. The van der Waals surface area contributed by atoms with Crippen LogP contribution in [0.1, 0.15) is 11.1 Å². The van der Waals surface area contributed by atoms with Crippen LogP contribution >= 0.6 is 15.9 Å². The van der Waals surface area contributed by atoms with Crippen LogP contribution in [0.4, 0.5) is 0 Å². The lowest BCUT2D eigenvalue weighted by atomic mass is 10.1. The molecule has 0 bridgehead atoms. The Morgan fingerprint density at radius 2 is 2.27 bits per heavy atom. The van der Waals surface area contributed by atoms with Crippen molar-refractivity contribution in [3.8, 4) is 5.75 Å². The monoisotopic (exact) mass is 273 g/mol. The first-order chi connectivity index (χ1) is 7.08. The highest BCUT2D eigenvalue weighted by Crippen LogP contribution is 2.30. The molecule has 0 aromatic heterocycles. The number of nitrogens with two attached hydrogens (primary N) is 1. The molecule has 1 aromatic carbocycles. The number of ether oxygens (including phenoxy) is 1.